The molecular weight excluding hydrogens is 398 g/mol. The molecule has 0 spiro atoms. The first-order valence-corrected chi connectivity index (χ1v) is 7.74. The van der Waals surface area contributed by atoms with Gasteiger partial charge in [-0.1, -0.05) is 0 Å². The van der Waals surface area contributed by atoms with Crippen LogP contribution in [0.2, 0.25) is 0 Å². The Labute approximate surface area is 151 Å². The summed E-state index contributed by atoms with van der Waals surface area (Å²) in [6.45, 7) is 0. The maximum atomic E-state index is 14.9. The predicted molar refractivity (Wildman–Crippen MR) is 77.8 cm³/mol. The Kier molecular flexibility index (Phi) is 3.41. The molecule has 0 aliphatic heterocycles. The first kappa shape index (κ1) is 18.5. The van der Waals surface area contributed by atoms with E-state index in [1.54, 1.807) is 6.07 Å². The molecule has 146 valence electrons. The van der Waals surface area contributed by atoms with Crippen molar-refractivity contribution in [2.24, 2.45) is 0 Å². The van der Waals surface area contributed by atoms with E-state index in [-0.39, 0.29) is 5.56 Å². The van der Waals surface area contributed by atoms with Crippen molar-refractivity contribution in [1.29, 1.82) is 5.26 Å². The second kappa shape index (κ2) is 5.16. The number of ether oxygens (including phenoxy) is 1. The highest BCUT2D eigenvalue weighted by Gasteiger charge is 2.82. The summed E-state index contributed by atoms with van der Waals surface area (Å²) in [5.41, 5.74) is -9.02. The lowest BCUT2D eigenvalue weighted by molar-refractivity contribution is -0.274. The Bertz CT molecular complexity index is 1060. The van der Waals surface area contributed by atoms with Crippen LogP contribution in [0, 0.1) is 17.1 Å². The number of rotatable bonds is 2. The fourth-order valence-electron chi connectivity index (χ4n) is 3.69. The average molecular weight is 405 g/mol. The molecular formula is C18H7F8NO. The molecule has 0 saturated carbocycles. The van der Waals surface area contributed by atoms with Crippen LogP contribution in [-0.4, -0.2) is 5.92 Å². The first-order chi connectivity index (χ1) is 12.8. The molecule has 2 aromatic carbocycles. The normalized spacial score (nSPS) is 25.2. The Balaban J connectivity index is 1.93. The summed E-state index contributed by atoms with van der Waals surface area (Å²) < 4.78 is 118. The third-order valence-electron chi connectivity index (χ3n) is 4.85. The number of nitrogens with zero attached hydrogens (tertiary/aromatic N) is 1. The zero-order valence-electron chi connectivity index (χ0n) is 13.5. The number of benzene rings is 2. The molecule has 2 aliphatic carbocycles. The Morgan fingerprint density at radius 2 is 1.61 bits per heavy atom. The maximum Gasteiger partial charge on any atom is 0.352 e. The number of alkyl halides is 7. The van der Waals surface area contributed by atoms with E-state index in [4.69, 9.17) is 10.00 Å². The fourth-order valence-corrected chi connectivity index (χ4v) is 3.69. The van der Waals surface area contributed by atoms with Gasteiger partial charge in [0.15, 0.2) is 0 Å². The molecule has 0 aromatic heterocycles. The molecule has 0 radical (unpaired) electrons. The van der Waals surface area contributed by atoms with Crippen molar-refractivity contribution in [1.82, 2.24) is 0 Å². The van der Waals surface area contributed by atoms with Crippen LogP contribution >= 0.6 is 0 Å². The highest BCUT2D eigenvalue weighted by atomic mass is 19.3. The minimum atomic E-state index is -5.39. The number of nitriles is 1. The summed E-state index contributed by atoms with van der Waals surface area (Å²) in [5.74, 6) is -16.9. The van der Waals surface area contributed by atoms with Crippen LogP contribution in [0.4, 0.5) is 35.1 Å². The lowest BCUT2D eigenvalue weighted by Crippen LogP contribution is -2.46. The van der Waals surface area contributed by atoms with E-state index < -0.39 is 63.9 Å². The molecule has 0 fully saturated rings. The van der Waals surface area contributed by atoms with E-state index in [1.807, 2.05) is 0 Å². The van der Waals surface area contributed by atoms with E-state index in [1.165, 1.54) is 0 Å². The summed E-state index contributed by atoms with van der Waals surface area (Å²) in [6, 6.07) is 5.03. The van der Waals surface area contributed by atoms with Crippen LogP contribution in [0.5, 0.6) is 11.5 Å². The van der Waals surface area contributed by atoms with Crippen LogP contribution in [0.1, 0.15) is 28.7 Å². The molecule has 0 heterocycles. The van der Waals surface area contributed by atoms with E-state index in [0.29, 0.717) is 18.2 Å². The van der Waals surface area contributed by atoms with Gasteiger partial charge in [-0.2, -0.15) is 22.8 Å². The molecule has 1 atom stereocenters. The third kappa shape index (κ3) is 2.07. The van der Waals surface area contributed by atoms with Gasteiger partial charge in [0.2, 0.25) is 5.67 Å². The minimum Gasteiger partial charge on any atom is -0.457 e. The Morgan fingerprint density at radius 1 is 0.929 bits per heavy atom. The standard InChI is InChI=1S/C18H7F8NO/c19-9-3-8(6-27)4-10(5-9)28-12-2-1-11-13-14(12)16(21,22)7-15(13,20)18(25,26)17(11,23)24/h1-5H,7H2. The smallest absolute Gasteiger partial charge is 0.352 e. The van der Waals surface area contributed by atoms with Gasteiger partial charge in [-0.3, -0.25) is 0 Å². The molecule has 2 aliphatic rings. The van der Waals surface area contributed by atoms with Gasteiger partial charge in [-0.25, -0.2) is 17.6 Å². The van der Waals surface area contributed by atoms with Gasteiger partial charge in [0.25, 0.3) is 5.92 Å². The van der Waals surface area contributed by atoms with Crippen LogP contribution in [0.25, 0.3) is 0 Å². The molecule has 0 bridgehead atoms. The largest absolute Gasteiger partial charge is 0.457 e. The summed E-state index contributed by atoms with van der Waals surface area (Å²) in [6.07, 6.45) is -2.18. The monoisotopic (exact) mass is 405 g/mol. The minimum absolute atomic E-state index is 0.239. The van der Waals surface area contributed by atoms with Gasteiger partial charge in [-0.05, 0) is 24.3 Å². The van der Waals surface area contributed by atoms with Crippen molar-refractivity contribution in [3.05, 3.63) is 58.4 Å². The molecule has 0 N–H and O–H groups in total. The van der Waals surface area contributed by atoms with Crippen LogP contribution in [0.3, 0.4) is 0 Å². The van der Waals surface area contributed by atoms with Crippen molar-refractivity contribution >= 4 is 0 Å². The van der Waals surface area contributed by atoms with Crippen molar-refractivity contribution in [3.8, 4) is 17.6 Å². The van der Waals surface area contributed by atoms with Crippen molar-refractivity contribution < 1.29 is 39.9 Å². The zero-order valence-corrected chi connectivity index (χ0v) is 13.5. The second-order valence-electron chi connectivity index (χ2n) is 6.58. The van der Waals surface area contributed by atoms with Crippen molar-refractivity contribution in [2.45, 2.75) is 29.9 Å². The quantitative estimate of drug-likeness (QED) is 0.584. The average Bonchev–Trinajstić information content (AvgIpc) is 2.87. The van der Waals surface area contributed by atoms with E-state index in [2.05, 4.69) is 0 Å². The number of hydrogen-bond acceptors (Lipinski definition) is 2. The molecule has 2 nitrogen and oxygen atoms in total. The van der Waals surface area contributed by atoms with Gasteiger partial charge in [-0.15, -0.1) is 0 Å². The predicted octanol–water partition coefficient (Wildman–Crippen LogP) is 5.89. The molecule has 28 heavy (non-hydrogen) atoms. The first-order valence-electron chi connectivity index (χ1n) is 7.74. The van der Waals surface area contributed by atoms with Crippen molar-refractivity contribution in [3.63, 3.8) is 0 Å². The van der Waals surface area contributed by atoms with E-state index in [9.17, 15) is 35.1 Å². The van der Waals surface area contributed by atoms with Crippen LogP contribution in [0.15, 0.2) is 30.3 Å². The molecule has 10 heteroatoms. The lowest BCUT2D eigenvalue weighted by atomic mass is 9.96. The number of halogens is 8. The second-order valence-corrected chi connectivity index (χ2v) is 6.58. The van der Waals surface area contributed by atoms with E-state index in [0.717, 1.165) is 12.1 Å². The maximum absolute atomic E-state index is 14.9. The van der Waals surface area contributed by atoms with Crippen LogP contribution in [-0.2, 0) is 17.5 Å². The summed E-state index contributed by atoms with van der Waals surface area (Å²) in [5, 5.41) is 8.81. The van der Waals surface area contributed by atoms with Crippen molar-refractivity contribution in [2.75, 3.05) is 0 Å². The zero-order chi connectivity index (χ0) is 20.7. The van der Waals surface area contributed by atoms with Gasteiger partial charge in [0.05, 0.1) is 23.6 Å². The van der Waals surface area contributed by atoms with Gasteiger partial charge in [0.1, 0.15) is 17.3 Å². The van der Waals surface area contributed by atoms with Crippen LogP contribution < -0.4 is 4.74 Å². The lowest BCUT2D eigenvalue weighted by Gasteiger charge is -2.28. The summed E-state index contributed by atoms with van der Waals surface area (Å²) in [4.78, 5) is 0. The fraction of sp³-hybridized carbons (Fsp3) is 0.278. The van der Waals surface area contributed by atoms with E-state index >= 15 is 0 Å². The summed E-state index contributed by atoms with van der Waals surface area (Å²) in [7, 11) is 0. The molecule has 2 aromatic rings. The van der Waals surface area contributed by atoms with Gasteiger partial charge in [0, 0.05) is 17.2 Å². The Hall–Kier alpha value is -2.83. The highest BCUT2D eigenvalue weighted by Crippen LogP contribution is 2.71. The summed E-state index contributed by atoms with van der Waals surface area (Å²) >= 11 is 0. The topological polar surface area (TPSA) is 33.0 Å². The molecule has 4 rings (SSSR count). The molecule has 0 saturated heterocycles. The van der Waals surface area contributed by atoms with Gasteiger partial charge >= 0.3 is 11.8 Å². The van der Waals surface area contributed by atoms with Gasteiger partial charge < -0.3 is 4.74 Å². The molecule has 0 amide bonds. The third-order valence-corrected chi connectivity index (χ3v) is 4.85. The SMILES string of the molecule is N#Cc1cc(F)cc(Oc2ccc3c4c2C(F)(F)CC4(F)C(F)(F)C3(F)F)c1. The Morgan fingerprint density at radius 3 is 2.25 bits per heavy atom. The number of hydrogen-bond donors (Lipinski definition) is 0. The highest BCUT2D eigenvalue weighted by molar-refractivity contribution is 5.61. The molecule has 1 unspecified atom stereocenters.